The van der Waals surface area contributed by atoms with Gasteiger partial charge in [-0.2, -0.15) is 0 Å². The number of nitrogens with zero attached hydrogens (tertiary/aromatic N) is 1. The maximum atomic E-state index is 12.3. The smallest absolute Gasteiger partial charge is 0.335 e. The van der Waals surface area contributed by atoms with E-state index in [1.165, 1.54) is 17.7 Å². The molecule has 0 heterocycles. The van der Waals surface area contributed by atoms with E-state index in [-0.39, 0.29) is 23.8 Å². The SMILES string of the molecule is CC(CN(C)C(=O)Cc1ccc(C(=O)O)cc1)c1ccccc1. The molecule has 4 heteroatoms. The highest BCUT2D eigenvalue weighted by molar-refractivity contribution is 5.87. The molecule has 1 N–H and O–H groups in total. The molecule has 2 aromatic rings. The summed E-state index contributed by atoms with van der Waals surface area (Å²) in [7, 11) is 1.80. The van der Waals surface area contributed by atoms with Gasteiger partial charge in [-0.1, -0.05) is 49.4 Å². The number of likely N-dealkylation sites (N-methyl/N-ethyl adjacent to an activating group) is 1. The van der Waals surface area contributed by atoms with E-state index in [4.69, 9.17) is 5.11 Å². The van der Waals surface area contributed by atoms with Crippen molar-refractivity contribution in [1.82, 2.24) is 4.90 Å². The van der Waals surface area contributed by atoms with E-state index in [9.17, 15) is 9.59 Å². The van der Waals surface area contributed by atoms with Crippen molar-refractivity contribution < 1.29 is 14.7 Å². The maximum absolute atomic E-state index is 12.3. The molecule has 1 atom stereocenters. The van der Waals surface area contributed by atoms with Gasteiger partial charge in [0.15, 0.2) is 0 Å². The molecule has 23 heavy (non-hydrogen) atoms. The molecule has 0 aliphatic carbocycles. The molecule has 0 aliphatic rings. The molecule has 0 fully saturated rings. The fraction of sp³-hybridized carbons (Fsp3) is 0.263. The summed E-state index contributed by atoms with van der Waals surface area (Å²) in [5.41, 5.74) is 2.25. The minimum absolute atomic E-state index is 0.0239. The van der Waals surface area contributed by atoms with Gasteiger partial charge in [-0.25, -0.2) is 4.79 Å². The van der Waals surface area contributed by atoms with Gasteiger partial charge in [0.1, 0.15) is 0 Å². The molecular weight excluding hydrogens is 290 g/mol. The minimum atomic E-state index is -0.961. The fourth-order valence-corrected chi connectivity index (χ4v) is 2.47. The third kappa shape index (κ3) is 4.68. The van der Waals surface area contributed by atoms with Crippen LogP contribution in [0.25, 0.3) is 0 Å². The monoisotopic (exact) mass is 311 g/mol. The fourth-order valence-electron chi connectivity index (χ4n) is 2.47. The van der Waals surface area contributed by atoms with Gasteiger partial charge < -0.3 is 10.0 Å². The molecule has 0 aromatic heterocycles. The zero-order chi connectivity index (χ0) is 16.8. The van der Waals surface area contributed by atoms with E-state index in [1.807, 2.05) is 18.2 Å². The van der Waals surface area contributed by atoms with Crippen molar-refractivity contribution in [2.75, 3.05) is 13.6 Å². The van der Waals surface area contributed by atoms with Crippen molar-refractivity contribution in [3.63, 3.8) is 0 Å². The summed E-state index contributed by atoms with van der Waals surface area (Å²) < 4.78 is 0. The lowest BCUT2D eigenvalue weighted by atomic mass is 10.0. The molecule has 1 unspecified atom stereocenters. The first-order valence-electron chi connectivity index (χ1n) is 7.58. The molecule has 4 nitrogen and oxygen atoms in total. The Kier molecular flexibility index (Phi) is 5.52. The molecule has 1 amide bonds. The van der Waals surface area contributed by atoms with Gasteiger partial charge in [0.2, 0.25) is 5.91 Å². The molecule has 120 valence electrons. The van der Waals surface area contributed by atoms with E-state index in [0.29, 0.717) is 6.54 Å². The Morgan fingerprint density at radius 1 is 1.04 bits per heavy atom. The van der Waals surface area contributed by atoms with Crippen LogP contribution in [0.4, 0.5) is 0 Å². The number of hydrogen-bond donors (Lipinski definition) is 1. The second-order valence-electron chi connectivity index (χ2n) is 5.76. The summed E-state index contributed by atoms with van der Waals surface area (Å²) in [6, 6.07) is 16.5. The molecule has 2 aromatic carbocycles. The number of carboxylic acid groups (broad SMARTS) is 1. The van der Waals surface area contributed by atoms with Crippen molar-refractivity contribution in [3.8, 4) is 0 Å². The van der Waals surface area contributed by atoms with Gasteiger partial charge in [-0.05, 0) is 29.2 Å². The van der Waals surface area contributed by atoms with Crippen LogP contribution < -0.4 is 0 Å². The second-order valence-corrected chi connectivity index (χ2v) is 5.76. The van der Waals surface area contributed by atoms with Crippen molar-refractivity contribution in [1.29, 1.82) is 0 Å². The number of carboxylic acids is 1. The zero-order valence-electron chi connectivity index (χ0n) is 13.4. The summed E-state index contributed by atoms with van der Waals surface area (Å²) in [6.45, 7) is 2.75. The molecule has 0 saturated carbocycles. The van der Waals surface area contributed by atoms with Gasteiger partial charge in [0, 0.05) is 13.6 Å². The van der Waals surface area contributed by atoms with Crippen LogP contribution in [0.3, 0.4) is 0 Å². The third-order valence-corrected chi connectivity index (χ3v) is 3.90. The van der Waals surface area contributed by atoms with Crippen molar-refractivity contribution in [2.24, 2.45) is 0 Å². The maximum Gasteiger partial charge on any atom is 0.335 e. The molecular formula is C19H21NO3. The lowest BCUT2D eigenvalue weighted by Crippen LogP contribution is -2.31. The Bertz CT molecular complexity index is 665. The van der Waals surface area contributed by atoms with Crippen LogP contribution in [0.5, 0.6) is 0 Å². The third-order valence-electron chi connectivity index (χ3n) is 3.90. The van der Waals surface area contributed by atoms with E-state index in [0.717, 1.165) is 5.56 Å². The number of aromatic carboxylic acids is 1. The Hall–Kier alpha value is -2.62. The van der Waals surface area contributed by atoms with Crippen LogP contribution >= 0.6 is 0 Å². The van der Waals surface area contributed by atoms with Gasteiger partial charge in [0.05, 0.1) is 12.0 Å². The molecule has 0 aliphatic heterocycles. The predicted octanol–water partition coefficient (Wildman–Crippen LogP) is 3.19. The number of amides is 1. The van der Waals surface area contributed by atoms with E-state index in [2.05, 4.69) is 19.1 Å². The second kappa shape index (κ2) is 7.58. The number of hydrogen-bond acceptors (Lipinski definition) is 2. The summed E-state index contributed by atoms with van der Waals surface area (Å²) >= 11 is 0. The van der Waals surface area contributed by atoms with Crippen molar-refractivity contribution in [3.05, 3.63) is 71.3 Å². The van der Waals surface area contributed by atoms with Crippen LogP contribution in [0.2, 0.25) is 0 Å². The zero-order valence-corrected chi connectivity index (χ0v) is 13.4. The van der Waals surface area contributed by atoms with Crippen molar-refractivity contribution in [2.45, 2.75) is 19.3 Å². The van der Waals surface area contributed by atoms with Gasteiger partial charge in [-0.3, -0.25) is 4.79 Å². The number of carbonyl (C=O) groups is 2. The van der Waals surface area contributed by atoms with E-state index in [1.54, 1.807) is 24.1 Å². The Morgan fingerprint density at radius 3 is 2.22 bits per heavy atom. The summed E-state index contributed by atoms with van der Waals surface area (Å²) in [5.74, 6) is -0.674. The summed E-state index contributed by atoms with van der Waals surface area (Å²) in [6.07, 6.45) is 0.276. The van der Waals surface area contributed by atoms with E-state index >= 15 is 0 Å². The van der Waals surface area contributed by atoms with Gasteiger partial charge in [0.25, 0.3) is 0 Å². The van der Waals surface area contributed by atoms with Crippen molar-refractivity contribution >= 4 is 11.9 Å². The average Bonchev–Trinajstić information content (AvgIpc) is 2.56. The molecule has 2 rings (SSSR count). The standard InChI is InChI=1S/C19H21NO3/c1-14(16-6-4-3-5-7-16)13-20(2)18(21)12-15-8-10-17(11-9-15)19(22)23/h3-11,14H,12-13H2,1-2H3,(H,22,23). The number of rotatable bonds is 6. The van der Waals surface area contributed by atoms with E-state index < -0.39 is 5.97 Å². The van der Waals surface area contributed by atoms with Gasteiger partial charge >= 0.3 is 5.97 Å². The van der Waals surface area contributed by atoms with Crippen LogP contribution in [-0.2, 0) is 11.2 Å². The quantitative estimate of drug-likeness (QED) is 0.891. The van der Waals surface area contributed by atoms with Gasteiger partial charge in [-0.15, -0.1) is 0 Å². The average molecular weight is 311 g/mol. The van der Waals surface area contributed by atoms with Crippen LogP contribution in [0, 0.1) is 0 Å². The Morgan fingerprint density at radius 2 is 1.65 bits per heavy atom. The molecule has 0 radical (unpaired) electrons. The summed E-state index contributed by atoms with van der Waals surface area (Å²) in [5, 5.41) is 8.88. The highest BCUT2D eigenvalue weighted by Crippen LogP contribution is 2.16. The molecule has 0 saturated heterocycles. The summed E-state index contributed by atoms with van der Waals surface area (Å²) in [4.78, 5) is 24.9. The highest BCUT2D eigenvalue weighted by Gasteiger charge is 2.14. The van der Waals surface area contributed by atoms with Crippen LogP contribution in [0.1, 0.15) is 34.3 Å². The number of carbonyl (C=O) groups excluding carboxylic acids is 1. The Labute approximate surface area is 136 Å². The van der Waals surface area contributed by atoms with Crippen LogP contribution in [-0.4, -0.2) is 35.5 Å². The highest BCUT2D eigenvalue weighted by atomic mass is 16.4. The lowest BCUT2D eigenvalue weighted by Gasteiger charge is -2.22. The first-order chi connectivity index (χ1) is 11.0. The minimum Gasteiger partial charge on any atom is -0.478 e. The lowest BCUT2D eigenvalue weighted by molar-refractivity contribution is -0.129. The predicted molar refractivity (Wildman–Crippen MR) is 89.6 cm³/mol. The topological polar surface area (TPSA) is 57.6 Å². The normalized spacial score (nSPS) is 11.7. The largest absolute Gasteiger partial charge is 0.478 e. The first-order valence-corrected chi connectivity index (χ1v) is 7.58. The molecule has 0 bridgehead atoms. The van der Waals surface area contributed by atoms with Crippen LogP contribution in [0.15, 0.2) is 54.6 Å². The Balaban J connectivity index is 1.93. The first kappa shape index (κ1) is 16.7. The molecule has 0 spiro atoms. The number of benzene rings is 2.